The lowest BCUT2D eigenvalue weighted by Crippen LogP contribution is -2.07. The number of carbonyl (C=O) groups is 1. The highest BCUT2D eigenvalue weighted by Crippen LogP contribution is 2.55. The smallest absolute Gasteiger partial charge is 0.263 e. The number of nitrogens with two attached hydrogens (primary N) is 1. The highest BCUT2D eigenvalue weighted by molar-refractivity contribution is 5.85. The van der Waals surface area contributed by atoms with Gasteiger partial charge in [0.25, 0.3) is 5.92 Å². The van der Waals surface area contributed by atoms with Crippen LogP contribution in [0.15, 0.2) is 0 Å². The van der Waals surface area contributed by atoms with Gasteiger partial charge in [0.1, 0.15) is 5.78 Å². The molecule has 1 aliphatic carbocycles. The number of rotatable bonds is 3. The summed E-state index contributed by atoms with van der Waals surface area (Å²) in [6.45, 7) is 1.49. The summed E-state index contributed by atoms with van der Waals surface area (Å²) in [5, 5.41) is 0. The molecule has 0 saturated heterocycles. The Labute approximate surface area is 63.8 Å². The Bertz CT molecular complexity index is 181. The summed E-state index contributed by atoms with van der Waals surface area (Å²) < 4.78 is 25.2. The summed E-state index contributed by atoms with van der Waals surface area (Å²) >= 11 is 0. The van der Waals surface area contributed by atoms with Gasteiger partial charge in [-0.25, -0.2) is 8.78 Å². The van der Waals surface area contributed by atoms with Crippen molar-refractivity contribution in [2.75, 3.05) is 6.54 Å². The van der Waals surface area contributed by atoms with E-state index >= 15 is 0 Å². The van der Waals surface area contributed by atoms with E-state index < -0.39 is 17.8 Å². The molecule has 2 unspecified atom stereocenters. The van der Waals surface area contributed by atoms with E-state index in [2.05, 4.69) is 0 Å². The van der Waals surface area contributed by atoms with Crippen LogP contribution in [0, 0.1) is 11.8 Å². The van der Waals surface area contributed by atoms with Crippen LogP contribution in [-0.4, -0.2) is 18.3 Å². The Hall–Kier alpha value is -0.510. The molecule has 0 heterocycles. The van der Waals surface area contributed by atoms with Crippen molar-refractivity contribution in [2.24, 2.45) is 17.6 Å². The minimum Gasteiger partial charge on any atom is -0.330 e. The number of Topliss-reactive ketones (excluding diaryl/α,β-unsaturated/α-hetero) is 1. The van der Waals surface area contributed by atoms with E-state index in [0.717, 1.165) is 0 Å². The van der Waals surface area contributed by atoms with Crippen LogP contribution >= 0.6 is 0 Å². The molecule has 2 N–H and O–H groups in total. The molecule has 0 radical (unpaired) electrons. The molecule has 2 atom stereocenters. The maximum absolute atomic E-state index is 12.6. The van der Waals surface area contributed by atoms with Gasteiger partial charge in [0.2, 0.25) is 0 Å². The summed E-state index contributed by atoms with van der Waals surface area (Å²) in [4.78, 5) is 10.8. The first-order valence-electron chi connectivity index (χ1n) is 3.66. The first-order chi connectivity index (χ1) is 5.05. The Balaban J connectivity index is 2.58. The monoisotopic (exact) mass is 163 g/mol. The quantitative estimate of drug-likeness (QED) is 0.668. The fraction of sp³-hybridized carbons (Fsp3) is 0.857. The highest BCUT2D eigenvalue weighted by atomic mass is 19.3. The van der Waals surface area contributed by atoms with Gasteiger partial charge in [-0.1, -0.05) is 6.92 Å². The van der Waals surface area contributed by atoms with Gasteiger partial charge in [-0.2, -0.15) is 0 Å². The van der Waals surface area contributed by atoms with Crippen LogP contribution in [0.2, 0.25) is 0 Å². The van der Waals surface area contributed by atoms with Crippen molar-refractivity contribution in [1.82, 2.24) is 0 Å². The van der Waals surface area contributed by atoms with Crippen LogP contribution in [-0.2, 0) is 4.79 Å². The Kier molecular flexibility index (Phi) is 1.96. The average molecular weight is 163 g/mol. The lowest BCUT2D eigenvalue weighted by atomic mass is 10.2. The molecule has 1 fully saturated rings. The van der Waals surface area contributed by atoms with E-state index in [1.165, 1.54) is 0 Å². The zero-order valence-corrected chi connectivity index (χ0v) is 6.31. The van der Waals surface area contributed by atoms with Gasteiger partial charge in [-0.3, -0.25) is 4.79 Å². The van der Waals surface area contributed by atoms with Crippen molar-refractivity contribution in [3.63, 3.8) is 0 Å². The van der Waals surface area contributed by atoms with Crippen LogP contribution in [0.3, 0.4) is 0 Å². The van der Waals surface area contributed by atoms with Gasteiger partial charge in [-0.15, -0.1) is 0 Å². The predicted molar refractivity (Wildman–Crippen MR) is 36.3 cm³/mol. The Morgan fingerprint density at radius 2 is 2.18 bits per heavy atom. The number of carbonyl (C=O) groups excluding carboxylic acids is 1. The van der Waals surface area contributed by atoms with E-state index in [9.17, 15) is 13.6 Å². The van der Waals surface area contributed by atoms with E-state index in [0.29, 0.717) is 0 Å². The molecule has 0 bridgehead atoms. The number of alkyl halides is 2. The molecule has 0 aliphatic heterocycles. The molecule has 11 heavy (non-hydrogen) atoms. The first-order valence-corrected chi connectivity index (χ1v) is 3.66. The number of ketones is 1. The molecule has 1 saturated carbocycles. The summed E-state index contributed by atoms with van der Waals surface area (Å²) in [6.07, 6.45) is 0.177. The number of hydrogen-bond donors (Lipinski definition) is 1. The lowest BCUT2D eigenvalue weighted by Gasteiger charge is -1.91. The third-order valence-electron chi connectivity index (χ3n) is 2.15. The first kappa shape index (κ1) is 8.59. The lowest BCUT2D eigenvalue weighted by molar-refractivity contribution is -0.122. The second kappa shape index (κ2) is 2.52. The molecule has 1 rings (SSSR count). The molecular weight excluding hydrogens is 152 g/mol. The minimum atomic E-state index is -2.82. The Morgan fingerprint density at radius 1 is 1.64 bits per heavy atom. The van der Waals surface area contributed by atoms with Crippen molar-refractivity contribution in [2.45, 2.75) is 19.3 Å². The van der Waals surface area contributed by atoms with Crippen LogP contribution < -0.4 is 5.73 Å². The third kappa shape index (κ3) is 1.15. The van der Waals surface area contributed by atoms with E-state index in [1.54, 1.807) is 6.92 Å². The van der Waals surface area contributed by atoms with Gasteiger partial charge >= 0.3 is 0 Å². The molecule has 0 aromatic heterocycles. The molecular formula is C7H11F2NO. The molecule has 64 valence electrons. The zero-order valence-electron chi connectivity index (χ0n) is 6.31. The van der Waals surface area contributed by atoms with Crippen LogP contribution in [0.4, 0.5) is 8.78 Å². The van der Waals surface area contributed by atoms with Gasteiger partial charge in [0.05, 0.1) is 11.8 Å². The van der Waals surface area contributed by atoms with Gasteiger partial charge < -0.3 is 5.73 Å². The molecule has 0 aromatic rings. The van der Waals surface area contributed by atoms with Crippen molar-refractivity contribution >= 4 is 5.78 Å². The molecule has 1 aliphatic rings. The van der Waals surface area contributed by atoms with Crippen LogP contribution in [0.25, 0.3) is 0 Å². The molecule has 2 nitrogen and oxygen atoms in total. The van der Waals surface area contributed by atoms with Crippen LogP contribution in [0.1, 0.15) is 13.3 Å². The van der Waals surface area contributed by atoms with Gasteiger partial charge in [0.15, 0.2) is 0 Å². The van der Waals surface area contributed by atoms with Crippen molar-refractivity contribution in [3.8, 4) is 0 Å². The van der Waals surface area contributed by atoms with Gasteiger partial charge in [-0.05, 0) is 0 Å². The topological polar surface area (TPSA) is 43.1 Å². The van der Waals surface area contributed by atoms with Gasteiger partial charge in [0, 0.05) is 13.0 Å². The fourth-order valence-electron chi connectivity index (χ4n) is 1.34. The Morgan fingerprint density at radius 3 is 2.45 bits per heavy atom. The summed E-state index contributed by atoms with van der Waals surface area (Å²) in [7, 11) is 0. The van der Waals surface area contributed by atoms with Crippen molar-refractivity contribution in [1.29, 1.82) is 0 Å². The second-order valence-corrected chi connectivity index (χ2v) is 2.81. The molecule has 0 aromatic carbocycles. The maximum atomic E-state index is 12.6. The molecule has 0 spiro atoms. The van der Waals surface area contributed by atoms with E-state index in [4.69, 9.17) is 5.73 Å². The summed E-state index contributed by atoms with van der Waals surface area (Å²) in [6, 6.07) is 0. The van der Waals surface area contributed by atoms with Crippen molar-refractivity contribution < 1.29 is 13.6 Å². The zero-order chi connectivity index (χ0) is 8.65. The predicted octanol–water partition coefficient (Wildman–Crippen LogP) is 0.806. The summed E-state index contributed by atoms with van der Waals surface area (Å²) in [5.41, 5.74) is 5.06. The number of hydrogen-bond acceptors (Lipinski definition) is 2. The average Bonchev–Trinajstić information content (AvgIpc) is 2.51. The van der Waals surface area contributed by atoms with E-state index in [-0.39, 0.29) is 18.7 Å². The van der Waals surface area contributed by atoms with E-state index in [1.807, 2.05) is 0 Å². The standard InChI is InChI=1S/C7H11F2NO/c1-2-5(11)6-4(3-10)7(6,8)9/h4,6H,2-3,10H2,1H3. The maximum Gasteiger partial charge on any atom is 0.263 e. The third-order valence-corrected chi connectivity index (χ3v) is 2.15. The summed E-state index contributed by atoms with van der Waals surface area (Å²) in [5.74, 6) is -5.17. The molecule has 0 amide bonds. The highest BCUT2D eigenvalue weighted by Gasteiger charge is 2.69. The van der Waals surface area contributed by atoms with Crippen LogP contribution in [0.5, 0.6) is 0 Å². The largest absolute Gasteiger partial charge is 0.330 e. The fourth-order valence-corrected chi connectivity index (χ4v) is 1.34. The van der Waals surface area contributed by atoms with Crippen molar-refractivity contribution in [3.05, 3.63) is 0 Å². The second-order valence-electron chi connectivity index (χ2n) is 2.81. The minimum absolute atomic E-state index is 0.0938. The normalized spacial score (nSPS) is 33.5. The molecule has 4 heteroatoms. The number of halogens is 2. The SMILES string of the molecule is CCC(=O)C1C(CN)C1(F)F.